The van der Waals surface area contributed by atoms with Gasteiger partial charge in [-0.1, -0.05) is 0 Å². The zero-order chi connectivity index (χ0) is 9.80. The number of hydrogen-bond acceptors (Lipinski definition) is 2. The average molecular weight is 188 g/mol. The Balaban J connectivity index is 1.95. The van der Waals surface area contributed by atoms with Crippen LogP contribution in [-0.4, -0.2) is 10.1 Å². The van der Waals surface area contributed by atoms with Crippen LogP contribution in [0.1, 0.15) is 5.56 Å². The lowest BCUT2D eigenvalue weighted by Crippen LogP contribution is -1.97. The van der Waals surface area contributed by atoms with Crippen molar-refractivity contribution in [3.05, 3.63) is 48.3 Å². The predicted octanol–water partition coefficient (Wildman–Crippen LogP) is 2.33. The van der Waals surface area contributed by atoms with Crippen LogP contribution in [0.4, 0.5) is 5.69 Å². The Hall–Kier alpha value is -1.90. The van der Waals surface area contributed by atoms with Gasteiger partial charge in [-0.05, 0) is 35.9 Å². The van der Waals surface area contributed by atoms with Gasteiger partial charge in [-0.3, -0.25) is 0 Å². The summed E-state index contributed by atoms with van der Waals surface area (Å²) in [6.07, 6.45) is 3.85. The van der Waals surface area contributed by atoms with Gasteiger partial charge in [0.2, 0.25) is 0 Å². The summed E-state index contributed by atoms with van der Waals surface area (Å²) in [5.74, 6) is 0.289. The average Bonchev–Trinajstić information content (AvgIpc) is 2.70. The molecule has 0 bridgehead atoms. The molecule has 0 amide bonds. The minimum atomic E-state index is 0.289. The number of H-pyrrole nitrogens is 1. The lowest BCUT2D eigenvalue weighted by atomic mass is 10.3. The molecule has 2 rings (SSSR count). The van der Waals surface area contributed by atoms with E-state index < -0.39 is 0 Å². The molecule has 0 fully saturated rings. The Morgan fingerprint density at radius 1 is 1.14 bits per heavy atom. The molecule has 0 aliphatic carbocycles. The molecule has 72 valence electrons. The second-order valence-electron chi connectivity index (χ2n) is 3.12. The van der Waals surface area contributed by atoms with Crippen LogP contribution >= 0.6 is 0 Å². The maximum Gasteiger partial charge on any atom is 0.115 e. The van der Waals surface area contributed by atoms with Gasteiger partial charge in [-0.15, -0.1) is 0 Å². The number of phenols is 1. The molecule has 1 heterocycles. The van der Waals surface area contributed by atoms with Crippen LogP contribution in [0, 0.1) is 0 Å². The quantitative estimate of drug-likeness (QED) is 0.647. The van der Waals surface area contributed by atoms with Crippen molar-refractivity contribution in [1.82, 2.24) is 4.98 Å². The molecule has 0 saturated heterocycles. The Morgan fingerprint density at radius 3 is 2.57 bits per heavy atom. The summed E-state index contributed by atoms with van der Waals surface area (Å²) in [5.41, 5.74) is 2.21. The number of aromatic amines is 1. The van der Waals surface area contributed by atoms with Gasteiger partial charge < -0.3 is 15.4 Å². The van der Waals surface area contributed by atoms with E-state index in [1.807, 2.05) is 30.6 Å². The third-order valence-electron chi connectivity index (χ3n) is 2.03. The van der Waals surface area contributed by atoms with Crippen molar-refractivity contribution >= 4 is 5.69 Å². The molecule has 2 aromatic rings. The third-order valence-corrected chi connectivity index (χ3v) is 2.03. The predicted molar refractivity (Wildman–Crippen MR) is 56.2 cm³/mol. The number of benzene rings is 1. The fourth-order valence-electron chi connectivity index (χ4n) is 1.25. The van der Waals surface area contributed by atoms with Gasteiger partial charge in [0.05, 0.1) is 0 Å². The van der Waals surface area contributed by atoms with Crippen molar-refractivity contribution < 1.29 is 5.11 Å². The summed E-state index contributed by atoms with van der Waals surface area (Å²) in [5, 5.41) is 12.3. The van der Waals surface area contributed by atoms with Gasteiger partial charge in [0.25, 0.3) is 0 Å². The number of rotatable bonds is 3. The van der Waals surface area contributed by atoms with E-state index >= 15 is 0 Å². The van der Waals surface area contributed by atoms with Crippen molar-refractivity contribution in [3.63, 3.8) is 0 Å². The van der Waals surface area contributed by atoms with E-state index in [0.717, 1.165) is 12.2 Å². The fraction of sp³-hybridized carbons (Fsp3) is 0.0909. The van der Waals surface area contributed by atoms with Crippen molar-refractivity contribution in [1.29, 1.82) is 0 Å². The topological polar surface area (TPSA) is 48.0 Å². The number of phenolic OH excluding ortho intramolecular Hbond substituents is 1. The van der Waals surface area contributed by atoms with Gasteiger partial charge in [0.1, 0.15) is 5.75 Å². The number of hydrogen-bond donors (Lipinski definition) is 3. The van der Waals surface area contributed by atoms with E-state index in [-0.39, 0.29) is 5.75 Å². The molecule has 0 spiro atoms. The zero-order valence-corrected chi connectivity index (χ0v) is 7.70. The summed E-state index contributed by atoms with van der Waals surface area (Å²) >= 11 is 0. The second-order valence-corrected chi connectivity index (χ2v) is 3.12. The Morgan fingerprint density at radius 2 is 1.93 bits per heavy atom. The van der Waals surface area contributed by atoms with Gasteiger partial charge >= 0.3 is 0 Å². The molecular formula is C11H12N2O. The van der Waals surface area contributed by atoms with E-state index in [4.69, 9.17) is 5.11 Å². The summed E-state index contributed by atoms with van der Waals surface area (Å²) in [6, 6.07) is 9.05. The Labute approximate surface area is 82.4 Å². The van der Waals surface area contributed by atoms with E-state index in [0.29, 0.717) is 0 Å². The monoisotopic (exact) mass is 188 g/mol. The number of nitrogens with one attached hydrogen (secondary N) is 2. The van der Waals surface area contributed by atoms with Crippen LogP contribution < -0.4 is 5.32 Å². The van der Waals surface area contributed by atoms with E-state index in [1.54, 1.807) is 12.1 Å². The third kappa shape index (κ3) is 2.07. The summed E-state index contributed by atoms with van der Waals surface area (Å²) in [6.45, 7) is 0.786. The smallest absolute Gasteiger partial charge is 0.115 e. The lowest BCUT2D eigenvalue weighted by Gasteiger charge is -2.04. The molecule has 0 unspecified atom stereocenters. The molecular weight excluding hydrogens is 176 g/mol. The molecule has 14 heavy (non-hydrogen) atoms. The van der Waals surface area contributed by atoms with Crippen LogP contribution in [0.3, 0.4) is 0 Å². The first kappa shape index (κ1) is 8.69. The lowest BCUT2D eigenvalue weighted by molar-refractivity contribution is 0.475. The first-order valence-corrected chi connectivity index (χ1v) is 4.49. The second kappa shape index (κ2) is 3.87. The van der Waals surface area contributed by atoms with Crippen LogP contribution in [0.25, 0.3) is 0 Å². The van der Waals surface area contributed by atoms with E-state index in [2.05, 4.69) is 10.3 Å². The maximum atomic E-state index is 9.08. The summed E-state index contributed by atoms with van der Waals surface area (Å²) in [7, 11) is 0. The first-order chi connectivity index (χ1) is 6.84. The number of aromatic hydroxyl groups is 1. The molecule has 1 aromatic carbocycles. The molecule has 0 saturated carbocycles. The minimum absolute atomic E-state index is 0.289. The molecule has 0 aliphatic rings. The molecule has 0 radical (unpaired) electrons. The highest BCUT2D eigenvalue weighted by molar-refractivity contribution is 5.46. The highest BCUT2D eigenvalue weighted by Crippen LogP contribution is 2.14. The molecule has 1 aromatic heterocycles. The van der Waals surface area contributed by atoms with Gasteiger partial charge in [0, 0.05) is 24.6 Å². The standard InChI is InChI=1S/C11H12N2O/c14-11-3-1-10(2-4-11)13-8-9-5-6-12-7-9/h1-7,12-14H,8H2. The maximum absolute atomic E-state index is 9.08. The van der Waals surface area contributed by atoms with Gasteiger partial charge in [-0.2, -0.15) is 0 Å². The Bertz CT molecular complexity index is 378. The van der Waals surface area contributed by atoms with Crippen LogP contribution in [0.5, 0.6) is 5.75 Å². The normalized spacial score (nSPS) is 10.0. The van der Waals surface area contributed by atoms with Crippen LogP contribution in [0.15, 0.2) is 42.7 Å². The van der Waals surface area contributed by atoms with Crippen LogP contribution in [-0.2, 0) is 6.54 Å². The van der Waals surface area contributed by atoms with Gasteiger partial charge in [0.15, 0.2) is 0 Å². The SMILES string of the molecule is Oc1ccc(NCc2cc[nH]c2)cc1. The Kier molecular flexibility index (Phi) is 2.40. The fourth-order valence-corrected chi connectivity index (χ4v) is 1.25. The summed E-state index contributed by atoms with van der Waals surface area (Å²) in [4.78, 5) is 3.00. The molecule has 0 atom stereocenters. The molecule has 3 heteroatoms. The largest absolute Gasteiger partial charge is 0.508 e. The van der Waals surface area contributed by atoms with E-state index in [9.17, 15) is 0 Å². The van der Waals surface area contributed by atoms with Crippen molar-refractivity contribution in [2.45, 2.75) is 6.54 Å². The number of aromatic nitrogens is 1. The highest BCUT2D eigenvalue weighted by atomic mass is 16.3. The molecule has 0 aliphatic heterocycles. The highest BCUT2D eigenvalue weighted by Gasteiger charge is 1.93. The number of anilines is 1. The minimum Gasteiger partial charge on any atom is -0.508 e. The van der Waals surface area contributed by atoms with E-state index in [1.165, 1.54) is 5.56 Å². The first-order valence-electron chi connectivity index (χ1n) is 4.49. The molecule has 3 nitrogen and oxygen atoms in total. The summed E-state index contributed by atoms with van der Waals surface area (Å²) < 4.78 is 0. The van der Waals surface area contributed by atoms with Crippen molar-refractivity contribution in [2.75, 3.05) is 5.32 Å². The van der Waals surface area contributed by atoms with Crippen LogP contribution in [0.2, 0.25) is 0 Å². The molecule has 3 N–H and O–H groups in total. The zero-order valence-electron chi connectivity index (χ0n) is 7.70. The van der Waals surface area contributed by atoms with Gasteiger partial charge in [-0.25, -0.2) is 0 Å². The van der Waals surface area contributed by atoms with Crippen molar-refractivity contribution in [3.8, 4) is 5.75 Å². The van der Waals surface area contributed by atoms with Crippen molar-refractivity contribution in [2.24, 2.45) is 0 Å².